The van der Waals surface area contributed by atoms with Crippen molar-refractivity contribution in [1.82, 2.24) is 10.6 Å². The second-order valence-corrected chi connectivity index (χ2v) is 9.03. The minimum absolute atomic E-state index is 0.166. The molecule has 148 valence electrons. The third-order valence-corrected chi connectivity index (χ3v) is 6.52. The van der Waals surface area contributed by atoms with Crippen LogP contribution < -0.4 is 16.4 Å². The van der Waals surface area contributed by atoms with Crippen LogP contribution in [-0.4, -0.2) is 38.1 Å². The summed E-state index contributed by atoms with van der Waals surface area (Å²) in [4.78, 5) is 0.186. The van der Waals surface area contributed by atoms with Crippen LogP contribution in [0.3, 0.4) is 0 Å². The quantitative estimate of drug-likeness (QED) is 0.460. The fraction of sp³-hybridized carbons (Fsp3) is 0.400. The number of aliphatic hydroxyl groups excluding tert-OH is 1. The number of rotatable bonds is 10. The van der Waals surface area contributed by atoms with Gasteiger partial charge in [0, 0.05) is 25.3 Å². The number of benzene rings is 2. The average molecular weight is 392 g/mol. The molecule has 0 aromatic heterocycles. The van der Waals surface area contributed by atoms with Gasteiger partial charge in [-0.1, -0.05) is 50.2 Å². The molecule has 0 saturated heterocycles. The van der Waals surface area contributed by atoms with Crippen molar-refractivity contribution in [2.75, 3.05) is 18.8 Å². The first-order valence-corrected chi connectivity index (χ1v) is 10.6. The van der Waals surface area contributed by atoms with Crippen molar-refractivity contribution in [2.24, 2.45) is 5.92 Å². The Kier molecular flexibility index (Phi) is 7.79. The van der Waals surface area contributed by atoms with Gasteiger partial charge in [0.05, 0.1) is 11.0 Å². The van der Waals surface area contributed by atoms with E-state index in [1.807, 2.05) is 44.2 Å². The maximum atomic E-state index is 12.9. The Morgan fingerprint density at radius 3 is 2.37 bits per heavy atom. The molecular weight excluding hydrogens is 362 g/mol. The lowest BCUT2D eigenvalue weighted by atomic mass is 10.2. The van der Waals surface area contributed by atoms with Crippen molar-refractivity contribution in [2.45, 2.75) is 36.8 Å². The van der Waals surface area contributed by atoms with Crippen LogP contribution in [0.4, 0.5) is 5.69 Å². The first kappa shape index (κ1) is 21.4. The fourth-order valence-corrected chi connectivity index (χ4v) is 4.74. The molecule has 2 aromatic carbocycles. The summed E-state index contributed by atoms with van der Waals surface area (Å²) in [6.45, 7) is 4.85. The van der Waals surface area contributed by atoms with Crippen LogP contribution in [0.1, 0.15) is 19.4 Å². The Balaban J connectivity index is 1.92. The topological polar surface area (TPSA) is 104 Å². The Morgan fingerprint density at radius 2 is 1.74 bits per heavy atom. The summed E-state index contributed by atoms with van der Waals surface area (Å²) in [6.07, 6.45) is -0.703. The lowest BCUT2D eigenvalue weighted by molar-refractivity contribution is 0.165. The third kappa shape index (κ3) is 6.32. The van der Waals surface area contributed by atoms with Crippen molar-refractivity contribution in [3.8, 4) is 0 Å². The van der Waals surface area contributed by atoms with E-state index < -0.39 is 21.3 Å². The van der Waals surface area contributed by atoms with Gasteiger partial charge >= 0.3 is 0 Å². The summed E-state index contributed by atoms with van der Waals surface area (Å²) < 4.78 is 25.8. The molecule has 27 heavy (non-hydrogen) atoms. The number of nitrogen functional groups attached to an aromatic ring is 1. The van der Waals surface area contributed by atoms with Crippen molar-refractivity contribution >= 4 is 15.5 Å². The Labute approximate surface area is 161 Å². The predicted octanol–water partition coefficient (Wildman–Crippen LogP) is 1.76. The molecule has 0 spiro atoms. The van der Waals surface area contributed by atoms with Gasteiger partial charge < -0.3 is 16.2 Å². The highest BCUT2D eigenvalue weighted by atomic mass is 32.2. The van der Waals surface area contributed by atoms with Gasteiger partial charge in [-0.15, -0.1) is 0 Å². The number of nitrogens with one attached hydrogen (secondary N) is 2. The van der Waals surface area contributed by atoms with Crippen LogP contribution in [0.5, 0.6) is 0 Å². The van der Waals surface area contributed by atoms with Crippen molar-refractivity contribution < 1.29 is 13.5 Å². The number of sulfone groups is 1. The lowest BCUT2D eigenvalue weighted by Crippen LogP contribution is -2.46. The molecule has 0 saturated carbocycles. The lowest BCUT2D eigenvalue weighted by Gasteiger charge is -2.24. The molecule has 2 rings (SSSR count). The molecule has 2 aromatic rings. The van der Waals surface area contributed by atoms with Crippen LogP contribution >= 0.6 is 0 Å². The van der Waals surface area contributed by atoms with E-state index >= 15 is 0 Å². The maximum absolute atomic E-state index is 12.9. The summed E-state index contributed by atoms with van der Waals surface area (Å²) in [7, 11) is -3.60. The van der Waals surface area contributed by atoms with Crippen molar-refractivity contribution in [1.29, 1.82) is 0 Å². The van der Waals surface area contributed by atoms with Crippen molar-refractivity contribution in [3.05, 3.63) is 60.2 Å². The molecule has 2 atom stereocenters. The summed E-state index contributed by atoms with van der Waals surface area (Å²) in [5.41, 5.74) is 7.26. The largest absolute Gasteiger partial charge is 0.399 e. The smallest absolute Gasteiger partial charge is 0.194 e. The van der Waals surface area contributed by atoms with Gasteiger partial charge in [0.1, 0.15) is 5.37 Å². The van der Waals surface area contributed by atoms with Gasteiger partial charge in [-0.05, 0) is 29.7 Å². The van der Waals surface area contributed by atoms with E-state index in [1.165, 1.54) is 6.07 Å². The van der Waals surface area contributed by atoms with Gasteiger partial charge in [-0.25, -0.2) is 8.42 Å². The maximum Gasteiger partial charge on any atom is 0.194 e. The monoisotopic (exact) mass is 391 g/mol. The normalized spacial score (nSPS) is 14.2. The van der Waals surface area contributed by atoms with Crippen LogP contribution in [0.15, 0.2) is 59.5 Å². The molecule has 0 radical (unpaired) electrons. The molecule has 0 amide bonds. The highest BCUT2D eigenvalue weighted by molar-refractivity contribution is 7.92. The number of aliphatic hydroxyl groups is 1. The van der Waals surface area contributed by atoms with E-state index in [-0.39, 0.29) is 17.4 Å². The molecule has 0 aliphatic carbocycles. The van der Waals surface area contributed by atoms with E-state index in [1.54, 1.807) is 18.2 Å². The fourth-order valence-electron chi connectivity index (χ4n) is 2.85. The van der Waals surface area contributed by atoms with Gasteiger partial charge in [0.2, 0.25) is 0 Å². The minimum Gasteiger partial charge on any atom is -0.399 e. The van der Waals surface area contributed by atoms with Crippen molar-refractivity contribution in [3.63, 3.8) is 0 Å². The molecular formula is C20H29N3O3S. The van der Waals surface area contributed by atoms with Gasteiger partial charge in [-0.2, -0.15) is 0 Å². The molecule has 0 fully saturated rings. The summed E-state index contributed by atoms with van der Waals surface area (Å²) in [5.74, 6) is -0.166. The number of nitrogens with two attached hydrogens (primary N) is 1. The molecule has 0 aliphatic rings. The first-order valence-electron chi connectivity index (χ1n) is 9.06. The number of hydrogen-bond acceptors (Lipinski definition) is 6. The zero-order valence-corrected chi connectivity index (χ0v) is 16.6. The Morgan fingerprint density at radius 1 is 1.04 bits per heavy atom. The molecule has 0 aliphatic heterocycles. The standard InChI is InChI=1S/C20H29N3O3S/c1-15(2)20(27(25,26)19-10-6-9-17(21)11-19)23-14-18(24)13-22-12-16-7-4-3-5-8-16/h3-11,15,18,20,22-24H,12-14,21H2,1-2H3/t18-,20+/m1/s1. The molecule has 0 bridgehead atoms. The zero-order valence-electron chi connectivity index (χ0n) is 15.8. The van der Waals surface area contributed by atoms with E-state index in [2.05, 4.69) is 10.6 Å². The third-order valence-electron chi connectivity index (χ3n) is 4.23. The van der Waals surface area contributed by atoms with Crippen LogP contribution in [0.2, 0.25) is 0 Å². The van der Waals surface area contributed by atoms with E-state index in [0.717, 1.165) is 5.56 Å². The first-order chi connectivity index (χ1) is 12.8. The zero-order chi connectivity index (χ0) is 19.9. The van der Waals surface area contributed by atoms with E-state index in [4.69, 9.17) is 5.73 Å². The summed E-state index contributed by atoms with van der Waals surface area (Å²) in [5, 5.41) is 15.6. The van der Waals surface area contributed by atoms with E-state index in [0.29, 0.717) is 18.8 Å². The second kappa shape index (κ2) is 9.85. The predicted molar refractivity (Wildman–Crippen MR) is 109 cm³/mol. The Bertz CT molecular complexity index is 810. The second-order valence-electron chi connectivity index (χ2n) is 6.96. The highest BCUT2D eigenvalue weighted by Crippen LogP contribution is 2.21. The van der Waals surface area contributed by atoms with Crippen LogP contribution in [0, 0.1) is 5.92 Å². The van der Waals surface area contributed by atoms with Crippen LogP contribution in [0.25, 0.3) is 0 Å². The van der Waals surface area contributed by atoms with Gasteiger partial charge in [0.15, 0.2) is 9.84 Å². The summed E-state index contributed by atoms with van der Waals surface area (Å²) >= 11 is 0. The molecule has 0 unspecified atom stereocenters. The minimum atomic E-state index is -3.60. The van der Waals surface area contributed by atoms with Gasteiger partial charge in [0.25, 0.3) is 0 Å². The molecule has 7 heteroatoms. The molecule has 0 heterocycles. The number of anilines is 1. The van der Waals surface area contributed by atoms with Crippen LogP contribution in [-0.2, 0) is 16.4 Å². The SMILES string of the molecule is CC(C)[C@@H](NC[C@H](O)CNCc1ccccc1)S(=O)(=O)c1cccc(N)c1. The molecule has 6 nitrogen and oxygen atoms in total. The average Bonchev–Trinajstić information content (AvgIpc) is 2.62. The Hall–Kier alpha value is -1.93. The number of hydrogen-bond donors (Lipinski definition) is 4. The van der Waals surface area contributed by atoms with E-state index in [9.17, 15) is 13.5 Å². The molecule has 5 N–H and O–H groups in total. The highest BCUT2D eigenvalue weighted by Gasteiger charge is 2.30. The van der Waals surface area contributed by atoms with Gasteiger partial charge in [-0.3, -0.25) is 5.32 Å². The summed E-state index contributed by atoms with van der Waals surface area (Å²) in [6, 6.07) is 16.2.